The molecule has 6 heteroatoms. The number of nitro benzene ring substituents is 1. The average Bonchev–Trinajstić information content (AvgIpc) is 2.46. The van der Waals surface area contributed by atoms with E-state index in [2.05, 4.69) is 21.2 Å². The summed E-state index contributed by atoms with van der Waals surface area (Å²) in [7, 11) is 0. The second-order valence-electron chi connectivity index (χ2n) is 4.51. The second kappa shape index (κ2) is 6.49. The summed E-state index contributed by atoms with van der Waals surface area (Å²) in [5.74, 6) is -0.480. The Morgan fingerprint density at radius 1 is 1.29 bits per heavy atom. The van der Waals surface area contributed by atoms with E-state index in [0.29, 0.717) is 16.6 Å². The Morgan fingerprint density at radius 3 is 2.67 bits per heavy atom. The number of benzene rings is 2. The molecule has 0 fully saturated rings. The minimum atomic E-state index is -0.545. The highest BCUT2D eigenvalue weighted by Crippen LogP contribution is 2.23. The molecule has 0 atom stereocenters. The van der Waals surface area contributed by atoms with E-state index in [4.69, 9.17) is 0 Å². The third-order valence-corrected chi connectivity index (χ3v) is 3.66. The second-order valence-corrected chi connectivity index (χ2v) is 5.08. The summed E-state index contributed by atoms with van der Waals surface area (Å²) in [5.41, 5.74) is 2.08. The maximum atomic E-state index is 12.3. The molecule has 2 aromatic rings. The molecule has 0 heterocycles. The van der Waals surface area contributed by atoms with Crippen molar-refractivity contribution in [2.75, 3.05) is 5.32 Å². The fraction of sp³-hybridized carbons (Fsp3) is 0.133. The maximum Gasteiger partial charge on any atom is 0.282 e. The van der Waals surface area contributed by atoms with Gasteiger partial charge in [-0.3, -0.25) is 14.9 Å². The summed E-state index contributed by atoms with van der Waals surface area (Å²) in [6, 6.07) is 11.9. The van der Waals surface area contributed by atoms with Crippen LogP contribution in [0.4, 0.5) is 11.4 Å². The number of nitro groups is 1. The highest BCUT2D eigenvalue weighted by molar-refractivity contribution is 9.08. The fourth-order valence-corrected chi connectivity index (χ4v) is 2.37. The van der Waals surface area contributed by atoms with Crippen LogP contribution in [0.15, 0.2) is 42.5 Å². The van der Waals surface area contributed by atoms with E-state index < -0.39 is 10.8 Å². The average molecular weight is 349 g/mol. The molecule has 108 valence electrons. The molecular weight excluding hydrogens is 336 g/mol. The maximum absolute atomic E-state index is 12.3. The molecule has 0 aliphatic carbocycles. The van der Waals surface area contributed by atoms with E-state index in [1.54, 1.807) is 25.1 Å². The number of rotatable bonds is 4. The Kier molecular flexibility index (Phi) is 4.70. The standard InChI is InChI=1S/C15H13BrN2O3/c1-10-4-2-7-13(18(20)21)14(10)15(19)17-12-6-3-5-11(8-12)9-16/h2-8H,9H2,1H3,(H,17,19). The molecule has 0 saturated heterocycles. The molecule has 0 aliphatic heterocycles. The molecule has 2 aromatic carbocycles. The van der Waals surface area contributed by atoms with Gasteiger partial charge in [-0.05, 0) is 30.2 Å². The number of halogens is 1. The van der Waals surface area contributed by atoms with Crippen LogP contribution in [0.3, 0.4) is 0 Å². The predicted octanol–water partition coefficient (Wildman–Crippen LogP) is 4.05. The third-order valence-electron chi connectivity index (χ3n) is 3.01. The monoisotopic (exact) mass is 348 g/mol. The lowest BCUT2D eigenvalue weighted by Gasteiger charge is -2.09. The number of anilines is 1. The van der Waals surface area contributed by atoms with Crippen molar-refractivity contribution >= 4 is 33.2 Å². The number of nitrogens with one attached hydrogen (secondary N) is 1. The van der Waals surface area contributed by atoms with Gasteiger partial charge in [0.1, 0.15) is 5.56 Å². The van der Waals surface area contributed by atoms with Crippen molar-refractivity contribution < 1.29 is 9.72 Å². The highest BCUT2D eigenvalue weighted by atomic mass is 79.9. The summed E-state index contributed by atoms with van der Waals surface area (Å²) in [4.78, 5) is 22.8. The lowest BCUT2D eigenvalue weighted by Crippen LogP contribution is -2.15. The molecule has 0 bridgehead atoms. The van der Waals surface area contributed by atoms with Crippen LogP contribution in [0.1, 0.15) is 21.5 Å². The minimum absolute atomic E-state index is 0.0896. The van der Waals surface area contributed by atoms with Crippen molar-refractivity contribution in [1.29, 1.82) is 0 Å². The summed E-state index contributed by atoms with van der Waals surface area (Å²) in [5, 5.41) is 14.4. The number of hydrogen-bond donors (Lipinski definition) is 1. The van der Waals surface area contributed by atoms with Gasteiger partial charge < -0.3 is 5.32 Å². The first-order valence-corrected chi connectivity index (χ1v) is 7.35. The smallest absolute Gasteiger partial charge is 0.282 e. The third kappa shape index (κ3) is 3.46. The molecule has 0 unspecified atom stereocenters. The van der Waals surface area contributed by atoms with Crippen LogP contribution in [-0.2, 0) is 5.33 Å². The number of alkyl halides is 1. The number of aryl methyl sites for hydroxylation is 1. The van der Waals surface area contributed by atoms with E-state index in [0.717, 1.165) is 5.56 Å². The molecule has 0 aliphatic rings. The van der Waals surface area contributed by atoms with Gasteiger partial charge >= 0.3 is 0 Å². The van der Waals surface area contributed by atoms with Crippen molar-refractivity contribution in [2.45, 2.75) is 12.3 Å². The van der Waals surface area contributed by atoms with Gasteiger partial charge in [-0.1, -0.05) is 40.2 Å². The molecule has 0 spiro atoms. The lowest BCUT2D eigenvalue weighted by atomic mass is 10.1. The van der Waals surface area contributed by atoms with Crippen LogP contribution in [0, 0.1) is 17.0 Å². The van der Waals surface area contributed by atoms with E-state index >= 15 is 0 Å². The van der Waals surface area contributed by atoms with Crippen LogP contribution in [-0.4, -0.2) is 10.8 Å². The molecule has 21 heavy (non-hydrogen) atoms. The van der Waals surface area contributed by atoms with Gasteiger partial charge in [0.15, 0.2) is 0 Å². The van der Waals surface area contributed by atoms with Crippen LogP contribution in [0.2, 0.25) is 0 Å². The van der Waals surface area contributed by atoms with Gasteiger partial charge in [0, 0.05) is 17.1 Å². The molecule has 1 N–H and O–H groups in total. The highest BCUT2D eigenvalue weighted by Gasteiger charge is 2.22. The van der Waals surface area contributed by atoms with E-state index in [1.165, 1.54) is 6.07 Å². The largest absolute Gasteiger partial charge is 0.322 e. The van der Waals surface area contributed by atoms with Crippen molar-refractivity contribution in [3.8, 4) is 0 Å². The molecule has 1 amide bonds. The Hall–Kier alpha value is -2.21. The molecule has 0 radical (unpaired) electrons. The number of amides is 1. The van der Waals surface area contributed by atoms with Gasteiger partial charge in [-0.2, -0.15) is 0 Å². The van der Waals surface area contributed by atoms with Crippen LogP contribution in [0.5, 0.6) is 0 Å². The normalized spacial score (nSPS) is 10.2. The first kappa shape index (κ1) is 15.2. The van der Waals surface area contributed by atoms with Gasteiger partial charge in [0.05, 0.1) is 4.92 Å². The van der Waals surface area contributed by atoms with Crippen molar-refractivity contribution in [2.24, 2.45) is 0 Å². The summed E-state index contributed by atoms with van der Waals surface area (Å²) >= 11 is 3.34. The van der Waals surface area contributed by atoms with E-state index in [1.807, 2.05) is 18.2 Å². The number of hydrogen-bond acceptors (Lipinski definition) is 3. The molecule has 0 aromatic heterocycles. The molecular formula is C15H13BrN2O3. The Balaban J connectivity index is 2.34. The van der Waals surface area contributed by atoms with Crippen molar-refractivity contribution in [3.05, 3.63) is 69.3 Å². The predicted molar refractivity (Wildman–Crippen MR) is 84.9 cm³/mol. The first-order chi connectivity index (χ1) is 10.0. The number of carbonyl (C=O) groups excluding carboxylic acids is 1. The quantitative estimate of drug-likeness (QED) is 0.514. The van der Waals surface area contributed by atoms with E-state index in [-0.39, 0.29) is 11.3 Å². The molecule has 2 rings (SSSR count). The lowest BCUT2D eigenvalue weighted by molar-refractivity contribution is -0.385. The number of nitrogens with zero attached hydrogens (tertiary/aromatic N) is 1. The molecule has 5 nitrogen and oxygen atoms in total. The molecule has 0 saturated carbocycles. The van der Waals surface area contributed by atoms with Gasteiger partial charge in [-0.25, -0.2) is 0 Å². The summed E-state index contributed by atoms with van der Waals surface area (Å²) in [6.07, 6.45) is 0. The zero-order chi connectivity index (χ0) is 15.4. The summed E-state index contributed by atoms with van der Waals surface area (Å²) in [6.45, 7) is 1.68. The fourth-order valence-electron chi connectivity index (χ4n) is 2.03. The van der Waals surface area contributed by atoms with Crippen molar-refractivity contribution in [3.63, 3.8) is 0 Å². The van der Waals surface area contributed by atoms with Gasteiger partial charge in [0.2, 0.25) is 0 Å². The zero-order valence-corrected chi connectivity index (χ0v) is 12.9. The van der Waals surface area contributed by atoms with E-state index in [9.17, 15) is 14.9 Å². The topological polar surface area (TPSA) is 72.2 Å². The summed E-state index contributed by atoms with van der Waals surface area (Å²) < 4.78 is 0. The Bertz CT molecular complexity index is 701. The number of carbonyl (C=O) groups is 1. The SMILES string of the molecule is Cc1cccc([N+](=O)[O-])c1C(=O)Nc1cccc(CBr)c1. The first-order valence-electron chi connectivity index (χ1n) is 6.23. The van der Waals surface area contributed by atoms with Gasteiger partial charge in [-0.15, -0.1) is 0 Å². The van der Waals surface area contributed by atoms with Crippen LogP contribution >= 0.6 is 15.9 Å². The van der Waals surface area contributed by atoms with Crippen LogP contribution < -0.4 is 5.32 Å². The Morgan fingerprint density at radius 2 is 2.00 bits per heavy atom. The van der Waals surface area contributed by atoms with Gasteiger partial charge in [0.25, 0.3) is 11.6 Å². The van der Waals surface area contributed by atoms with Crippen molar-refractivity contribution in [1.82, 2.24) is 0 Å². The zero-order valence-electron chi connectivity index (χ0n) is 11.3. The van der Waals surface area contributed by atoms with Crippen LogP contribution in [0.25, 0.3) is 0 Å². The minimum Gasteiger partial charge on any atom is -0.322 e. The Labute approximate surface area is 130 Å².